The third-order valence-corrected chi connectivity index (χ3v) is 8.95. The Morgan fingerprint density at radius 1 is 0.909 bits per heavy atom. The van der Waals surface area contributed by atoms with Gasteiger partial charge in [-0.05, 0) is 70.9 Å². The highest BCUT2D eigenvalue weighted by atomic mass is 31.2. The summed E-state index contributed by atoms with van der Waals surface area (Å²) in [5.41, 5.74) is 7.78. The van der Waals surface area contributed by atoms with Crippen molar-refractivity contribution in [2.24, 2.45) is 5.92 Å². The molecular weight excluding hydrogens is 431 g/mol. The van der Waals surface area contributed by atoms with Gasteiger partial charge in [-0.25, -0.2) is 4.57 Å². The van der Waals surface area contributed by atoms with Crippen molar-refractivity contribution in [3.05, 3.63) is 70.3 Å². The lowest BCUT2D eigenvalue weighted by molar-refractivity contribution is 0.116. The summed E-state index contributed by atoms with van der Waals surface area (Å²) in [6.45, 7) is 18.2. The molecule has 1 aliphatic rings. The Morgan fingerprint density at radius 3 is 2.06 bits per heavy atom. The summed E-state index contributed by atoms with van der Waals surface area (Å²) in [6, 6.07) is 15.0. The van der Waals surface area contributed by atoms with Crippen LogP contribution in [-0.4, -0.2) is 13.2 Å². The number of hydrogen-bond acceptors (Lipinski definition) is 4. The zero-order valence-corrected chi connectivity index (χ0v) is 22.3. The number of hydrogen-bond donors (Lipinski definition) is 0. The van der Waals surface area contributed by atoms with E-state index in [1.54, 1.807) is 13.8 Å². The van der Waals surface area contributed by atoms with Gasteiger partial charge in [-0.3, -0.25) is 13.6 Å². The fourth-order valence-corrected chi connectivity index (χ4v) is 6.04. The fraction of sp³-hybridized carbons (Fsp3) is 0.500. The monoisotopic (exact) mass is 470 g/mol. The van der Waals surface area contributed by atoms with Crippen LogP contribution in [0.1, 0.15) is 83.2 Å². The Kier molecular flexibility index (Phi) is 7.75. The molecule has 33 heavy (non-hydrogen) atoms. The maximum absolute atomic E-state index is 12.5. The molecule has 1 unspecified atom stereocenters. The van der Waals surface area contributed by atoms with Gasteiger partial charge in [0.25, 0.3) is 0 Å². The van der Waals surface area contributed by atoms with Crippen LogP contribution in [0.3, 0.4) is 0 Å². The summed E-state index contributed by atoms with van der Waals surface area (Å²) in [7, 11) is -3.50. The van der Waals surface area contributed by atoms with Crippen LogP contribution in [0.15, 0.2) is 42.5 Å². The van der Waals surface area contributed by atoms with E-state index in [1.165, 1.54) is 22.3 Å². The van der Waals surface area contributed by atoms with Gasteiger partial charge in [0.05, 0.1) is 19.8 Å². The first-order valence-electron chi connectivity index (χ1n) is 11.9. The average molecular weight is 471 g/mol. The molecule has 3 rings (SSSR count). The maximum atomic E-state index is 12.5. The Morgan fingerprint density at radius 2 is 1.48 bits per heavy atom. The molecule has 0 radical (unpaired) electrons. The summed E-state index contributed by atoms with van der Waals surface area (Å²) in [5.74, 6) is 0.579. The molecule has 0 amide bonds. The van der Waals surface area contributed by atoms with E-state index in [0.29, 0.717) is 5.92 Å². The molecule has 1 atom stereocenters. The minimum atomic E-state index is -3.50. The molecule has 2 aromatic rings. The largest absolute Gasteiger partial charge is 0.475 e. The third kappa shape index (κ3) is 5.35. The minimum absolute atomic E-state index is 0.152. The van der Waals surface area contributed by atoms with Crippen molar-refractivity contribution >= 4 is 19.5 Å². The highest BCUT2D eigenvalue weighted by Crippen LogP contribution is 2.54. The van der Waals surface area contributed by atoms with Gasteiger partial charge in [0.15, 0.2) is 0 Å². The predicted molar refractivity (Wildman–Crippen MR) is 137 cm³/mol. The second-order valence-corrected chi connectivity index (χ2v) is 11.7. The second-order valence-electron chi connectivity index (χ2n) is 10.1. The van der Waals surface area contributed by atoms with Crippen LogP contribution < -0.4 is 0 Å². The standard InChI is InChI=1S/C28H39O4P/c1-9-30-33(29,31-10-2)32-19-23-13-11-22(12-14-23)17-20(3)24-15-16-25-26(18-24)28(7,8)21(4)27(25,5)6/h11-18,21H,9-10,19H2,1-8H3. The van der Waals surface area contributed by atoms with Crippen LogP contribution in [0, 0.1) is 5.92 Å². The van der Waals surface area contributed by atoms with Crippen molar-refractivity contribution < 1.29 is 18.1 Å². The summed E-state index contributed by atoms with van der Waals surface area (Å²) < 4.78 is 28.3. The third-order valence-electron chi connectivity index (χ3n) is 7.35. The highest BCUT2D eigenvalue weighted by molar-refractivity contribution is 7.48. The van der Waals surface area contributed by atoms with Crippen LogP contribution in [0.4, 0.5) is 0 Å². The zero-order valence-electron chi connectivity index (χ0n) is 21.4. The Hall–Kier alpha value is -1.71. The summed E-state index contributed by atoms with van der Waals surface area (Å²) in [4.78, 5) is 0. The van der Waals surface area contributed by atoms with Crippen molar-refractivity contribution in [3.8, 4) is 0 Å². The Bertz CT molecular complexity index is 1040. The zero-order chi connectivity index (χ0) is 24.4. The maximum Gasteiger partial charge on any atom is 0.475 e. The van der Waals surface area contributed by atoms with E-state index < -0.39 is 7.82 Å². The Labute approximate surface area is 200 Å². The van der Waals surface area contributed by atoms with Crippen molar-refractivity contribution in [3.63, 3.8) is 0 Å². The van der Waals surface area contributed by atoms with Crippen molar-refractivity contribution in [1.82, 2.24) is 0 Å². The first-order valence-corrected chi connectivity index (χ1v) is 13.4. The minimum Gasteiger partial charge on any atom is -0.287 e. The van der Waals surface area contributed by atoms with Gasteiger partial charge in [0, 0.05) is 0 Å². The van der Waals surface area contributed by atoms with E-state index in [1.807, 2.05) is 12.1 Å². The van der Waals surface area contributed by atoms with Gasteiger partial charge in [-0.1, -0.05) is 83.2 Å². The first-order chi connectivity index (χ1) is 15.4. The number of rotatable bonds is 9. The van der Waals surface area contributed by atoms with Crippen LogP contribution in [-0.2, 0) is 35.6 Å². The molecule has 0 heterocycles. The van der Waals surface area contributed by atoms with Crippen LogP contribution in [0.2, 0.25) is 0 Å². The van der Waals surface area contributed by atoms with Crippen molar-refractivity contribution in [2.45, 2.75) is 72.8 Å². The van der Waals surface area contributed by atoms with E-state index in [9.17, 15) is 4.57 Å². The van der Waals surface area contributed by atoms with Gasteiger partial charge < -0.3 is 0 Å². The molecule has 0 saturated carbocycles. The SMILES string of the molecule is CCOP(=O)(OCC)OCc1ccc(C=C(C)c2ccc3c(c2)C(C)(C)C(C)C3(C)C)cc1. The van der Waals surface area contributed by atoms with Gasteiger partial charge in [-0.2, -0.15) is 0 Å². The predicted octanol–water partition coefficient (Wildman–Crippen LogP) is 8.15. The van der Waals surface area contributed by atoms with Gasteiger partial charge in [-0.15, -0.1) is 0 Å². The van der Waals surface area contributed by atoms with E-state index >= 15 is 0 Å². The molecule has 0 fully saturated rings. The normalized spacial score (nSPS) is 19.5. The molecule has 0 N–H and O–H groups in total. The van der Waals surface area contributed by atoms with E-state index in [4.69, 9.17) is 13.6 Å². The van der Waals surface area contributed by atoms with E-state index in [2.05, 4.69) is 78.0 Å². The number of allylic oxidation sites excluding steroid dienone is 1. The van der Waals surface area contributed by atoms with Crippen LogP contribution in [0.25, 0.3) is 11.6 Å². The molecule has 4 nitrogen and oxygen atoms in total. The van der Waals surface area contributed by atoms with Crippen molar-refractivity contribution in [2.75, 3.05) is 13.2 Å². The lowest BCUT2D eigenvalue weighted by atomic mass is 9.71. The smallest absolute Gasteiger partial charge is 0.287 e. The number of phosphoric ester groups is 1. The lowest BCUT2D eigenvalue weighted by Crippen LogP contribution is -2.30. The van der Waals surface area contributed by atoms with Gasteiger partial charge in [0.2, 0.25) is 0 Å². The number of phosphoric acid groups is 1. The second kappa shape index (κ2) is 9.88. The number of benzene rings is 2. The van der Waals surface area contributed by atoms with Gasteiger partial charge >= 0.3 is 7.82 Å². The molecule has 180 valence electrons. The molecule has 0 spiro atoms. The van der Waals surface area contributed by atoms with Crippen LogP contribution in [0.5, 0.6) is 0 Å². The average Bonchev–Trinajstić information content (AvgIpc) is 2.90. The summed E-state index contributed by atoms with van der Waals surface area (Å²) >= 11 is 0. The first kappa shape index (κ1) is 25.9. The molecule has 2 aromatic carbocycles. The van der Waals surface area contributed by atoms with Crippen LogP contribution >= 0.6 is 7.82 Å². The summed E-state index contributed by atoms with van der Waals surface area (Å²) in [5, 5.41) is 0. The topological polar surface area (TPSA) is 44.8 Å². The van der Waals surface area contributed by atoms with Gasteiger partial charge in [0.1, 0.15) is 0 Å². The van der Waals surface area contributed by atoms with E-state index in [-0.39, 0.29) is 30.7 Å². The molecular formula is C28H39O4P. The quantitative estimate of drug-likeness (QED) is 0.274. The van der Waals surface area contributed by atoms with Crippen molar-refractivity contribution in [1.29, 1.82) is 0 Å². The molecule has 1 aliphatic carbocycles. The molecule has 0 aliphatic heterocycles. The molecule has 5 heteroatoms. The summed E-state index contributed by atoms with van der Waals surface area (Å²) in [6.07, 6.45) is 2.20. The molecule has 0 bridgehead atoms. The molecule has 0 saturated heterocycles. The highest BCUT2D eigenvalue weighted by Gasteiger charge is 2.48. The molecule has 0 aromatic heterocycles. The van der Waals surface area contributed by atoms with E-state index in [0.717, 1.165) is 11.1 Å². The lowest BCUT2D eigenvalue weighted by Gasteiger charge is -2.32. The fourth-order valence-electron chi connectivity index (χ4n) is 4.88. The Balaban J connectivity index is 1.76. The number of fused-ring (bicyclic) bond motifs is 1.